The molecule has 0 N–H and O–H groups in total. The van der Waals surface area contributed by atoms with Crippen molar-refractivity contribution in [3.8, 4) is 5.75 Å². The monoisotopic (exact) mass is 175 g/mol. The Labute approximate surface area is 79.0 Å². The smallest absolute Gasteiger partial charge is 0.190 e. The number of nitrogens with zero attached hydrogens (tertiary/aromatic N) is 1. The summed E-state index contributed by atoms with van der Waals surface area (Å²) < 4.78 is 5.21. The molecule has 0 saturated carbocycles. The van der Waals surface area contributed by atoms with Crippen LogP contribution in [0.2, 0.25) is 0 Å². The van der Waals surface area contributed by atoms with Crippen LogP contribution in [0.15, 0.2) is 18.2 Å². The lowest BCUT2D eigenvalue weighted by molar-refractivity contribution is 0.408. The van der Waals surface area contributed by atoms with Crippen LogP contribution in [0, 0.1) is 6.57 Å². The molecule has 0 aliphatic rings. The van der Waals surface area contributed by atoms with E-state index in [-0.39, 0.29) is 0 Å². The molecule has 0 spiro atoms. The lowest BCUT2D eigenvalue weighted by atomic mass is 10.0. The maximum atomic E-state index is 6.86. The van der Waals surface area contributed by atoms with Gasteiger partial charge in [0, 0.05) is 0 Å². The molecule has 0 aliphatic heterocycles. The number of hydrogen-bond acceptors (Lipinski definition) is 1. The zero-order chi connectivity index (χ0) is 9.84. The number of methoxy groups -OCH3 is 1. The second kappa shape index (κ2) is 3.95. The molecule has 0 aromatic heterocycles. The van der Waals surface area contributed by atoms with Gasteiger partial charge in [0.25, 0.3) is 0 Å². The highest BCUT2D eigenvalue weighted by Crippen LogP contribution is 2.30. The predicted molar refractivity (Wildman–Crippen MR) is 53.3 cm³/mol. The van der Waals surface area contributed by atoms with E-state index in [1.807, 2.05) is 12.1 Å². The summed E-state index contributed by atoms with van der Waals surface area (Å²) in [6.45, 7) is 11.1. The maximum Gasteiger partial charge on any atom is 0.190 e. The second-order valence-corrected chi connectivity index (χ2v) is 3.19. The zero-order valence-corrected chi connectivity index (χ0v) is 8.16. The highest BCUT2D eigenvalue weighted by Gasteiger charge is 2.07. The van der Waals surface area contributed by atoms with Gasteiger partial charge < -0.3 is 4.74 Å². The fourth-order valence-corrected chi connectivity index (χ4v) is 1.25. The third kappa shape index (κ3) is 2.00. The molecule has 68 valence electrons. The Morgan fingerprint density at radius 3 is 2.54 bits per heavy atom. The van der Waals surface area contributed by atoms with Crippen LogP contribution in [-0.4, -0.2) is 7.11 Å². The minimum Gasteiger partial charge on any atom is -0.498 e. The Kier molecular flexibility index (Phi) is 2.92. The third-order valence-electron chi connectivity index (χ3n) is 1.97. The van der Waals surface area contributed by atoms with Gasteiger partial charge in [0.05, 0.1) is 13.7 Å². The van der Waals surface area contributed by atoms with Crippen LogP contribution in [-0.2, 0) is 0 Å². The number of hydrogen-bond donors (Lipinski definition) is 0. The first kappa shape index (κ1) is 9.60. The molecule has 1 aromatic carbocycles. The Morgan fingerprint density at radius 1 is 1.38 bits per heavy atom. The molecule has 0 saturated heterocycles. The van der Waals surface area contributed by atoms with Crippen molar-refractivity contribution >= 4 is 5.69 Å². The van der Waals surface area contributed by atoms with E-state index in [9.17, 15) is 0 Å². The van der Waals surface area contributed by atoms with E-state index < -0.39 is 0 Å². The highest BCUT2D eigenvalue weighted by molar-refractivity contribution is 5.53. The molecule has 13 heavy (non-hydrogen) atoms. The van der Waals surface area contributed by atoms with Gasteiger partial charge in [-0.3, -0.25) is 0 Å². The van der Waals surface area contributed by atoms with Gasteiger partial charge in [0.2, 0.25) is 0 Å². The average molecular weight is 175 g/mol. The van der Waals surface area contributed by atoms with Crippen LogP contribution in [0.5, 0.6) is 5.75 Å². The van der Waals surface area contributed by atoms with Crippen molar-refractivity contribution in [1.82, 2.24) is 0 Å². The summed E-state index contributed by atoms with van der Waals surface area (Å²) in [5.41, 5.74) is 1.77. The molecule has 0 radical (unpaired) electrons. The van der Waals surface area contributed by atoms with E-state index in [0.29, 0.717) is 11.6 Å². The van der Waals surface area contributed by atoms with E-state index in [2.05, 4.69) is 18.7 Å². The van der Waals surface area contributed by atoms with Gasteiger partial charge in [-0.05, 0) is 17.5 Å². The van der Waals surface area contributed by atoms with Crippen molar-refractivity contribution in [2.24, 2.45) is 0 Å². The highest BCUT2D eigenvalue weighted by atomic mass is 16.5. The molecule has 0 bridgehead atoms. The third-order valence-corrected chi connectivity index (χ3v) is 1.97. The summed E-state index contributed by atoms with van der Waals surface area (Å²) in [6.07, 6.45) is 0. The van der Waals surface area contributed by atoms with Crippen LogP contribution in [0.1, 0.15) is 25.3 Å². The summed E-state index contributed by atoms with van der Waals surface area (Å²) in [5, 5.41) is 0. The van der Waals surface area contributed by atoms with Crippen molar-refractivity contribution in [3.63, 3.8) is 0 Å². The fraction of sp³-hybridized carbons (Fsp3) is 0.364. The second-order valence-electron chi connectivity index (χ2n) is 3.19. The van der Waals surface area contributed by atoms with Gasteiger partial charge in [0.15, 0.2) is 5.69 Å². The minimum atomic E-state index is 0.426. The standard InChI is InChI=1S/C11H13NO/c1-8(2)10-6-5-9(12-3)7-11(10)13-4/h5-8H,1-2,4H3. The molecule has 1 rings (SSSR count). The predicted octanol–water partition coefficient (Wildman–Crippen LogP) is 3.37. The number of benzene rings is 1. The molecule has 2 nitrogen and oxygen atoms in total. The summed E-state index contributed by atoms with van der Waals surface area (Å²) in [7, 11) is 1.63. The van der Waals surface area contributed by atoms with E-state index >= 15 is 0 Å². The van der Waals surface area contributed by atoms with Crippen LogP contribution in [0.25, 0.3) is 4.85 Å². The summed E-state index contributed by atoms with van der Waals surface area (Å²) in [5.74, 6) is 1.23. The summed E-state index contributed by atoms with van der Waals surface area (Å²) in [6, 6.07) is 5.56. The quantitative estimate of drug-likeness (QED) is 0.628. The molecule has 0 aliphatic carbocycles. The summed E-state index contributed by atoms with van der Waals surface area (Å²) >= 11 is 0. The molecule has 0 heterocycles. The first-order chi connectivity index (χ1) is 6.19. The van der Waals surface area contributed by atoms with Gasteiger partial charge in [-0.15, -0.1) is 0 Å². The SMILES string of the molecule is [C-]#[N+]c1ccc(C(C)C)c(OC)c1. The van der Waals surface area contributed by atoms with Gasteiger partial charge >= 0.3 is 0 Å². The molecule has 1 aromatic rings. The van der Waals surface area contributed by atoms with Crippen molar-refractivity contribution < 1.29 is 4.74 Å². The minimum absolute atomic E-state index is 0.426. The van der Waals surface area contributed by atoms with Crippen LogP contribution >= 0.6 is 0 Å². The Morgan fingerprint density at radius 2 is 2.08 bits per heavy atom. The van der Waals surface area contributed by atoms with Crippen molar-refractivity contribution in [2.45, 2.75) is 19.8 Å². The molecule has 0 amide bonds. The van der Waals surface area contributed by atoms with E-state index in [1.165, 1.54) is 0 Å². The normalized spacial score (nSPS) is 9.77. The van der Waals surface area contributed by atoms with E-state index in [4.69, 9.17) is 11.3 Å². The van der Waals surface area contributed by atoms with Gasteiger partial charge in [-0.2, -0.15) is 0 Å². The van der Waals surface area contributed by atoms with Crippen molar-refractivity contribution in [2.75, 3.05) is 7.11 Å². The molecule has 2 heteroatoms. The topological polar surface area (TPSA) is 13.6 Å². The van der Waals surface area contributed by atoms with Crippen molar-refractivity contribution in [3.05, 3.63) is 35.2 Å². The molecule has 0 fully saturated rings. The molecule has 0 unspecified atom stereocenters. The van der Waals surface area contributed by atoms with Crippen LogP contribution in [0.4, 0.5) is 5.69 Å². The van der Waals surface area contributed by atoms with E-state index in [0.717, 1.165) is 11.3 Å². The number of rotatable bonds is 2. The number of ether oxygens (including phenoxy) is 1. The lowest BCUT2D eigenvalue weighted by Crippen LogP contribution is -1.93. The van der Waals surface area contributed by atoms with Crippen LogP contribution in [0.3, 0.4) is 0 Å². The fourth-order valence-electron chi connectivity index (χ4n) is 1.25. The van der Waals surface area contributed by atoms with E-state index in [1.54, 1.807) is 13.2 Å². The summed E-state index contributed by atoms with van der Waals surface area (Å²) in [4.78, 5) is 3.35. The largest absolute Gasteiger partial charge is 0.498 e. The zero-order valence-electron chi connectivity index (χ0n) is 8.16. The van der Waals surface area contributed by atoms with Crippen molar-refractivity contribution in [1.29, 1.82) is 0 Å². The van der Waals surface area contributed by atoms with Crippen LogP contribution < -0.4 is 4.74 Å². The molecular formula is C11H13NO. The average Bonchev–Trinajstić information content (AvgIpc) is 2.16. The Bertz CT molecular complexity index is 336. The Hall–Kier alpha value is -1.49. The van der Waals surface area contributed by atoms with Gasteiger partial charge in [0.1, 0.15) is 5.75 Å². The molecule has 0 atom stereocenters. The molecular weight excluding hydrogens is 162 g/mol. The first-order valence-corrected chi connectivity index (χ1v) is 4.24. The maximum absolute atomic E-state index is 6.86. The Balaban J connectivity index is 3.17. The lowest BCUT2D eigenvalue weighted by Gasteiger charge is -2.11. The first-order valence-electron chi connectivity index (χ1n) is 4.24. The van der Waals surface area contributed by atoms with Gasteiger partial charge in [-0.25, -0.2) is 4.85 Å². The van der Waals surface area contributed by atoms with Gasteiger partial charge in [-0.1, -0.05) is 26.0 Å².